The Labute approximate surface area is 156 Å². The minimum Gasteiger partial charge on any atom is -0.321 e. The van der Waals surface area contributed by atoms with E-state index >= 15 is 0 Å². The molecule has 6 nitrogen and oxygen atoms in total. The summed E-state index contributed by atoms with van der Waals surface area (Å²) in [5.74, 6) is -1.01. The van der Waals surface area contributed by atoms with Crippen molar-refractivity contribution in [1.82, 2.24) is 4.98 Å². The molecule has 2 aromatic carbocycles. The molecule has 1 amide bonds. The van der Waals surface area contributed by atoms with Crippen molar-refractivity contribution in [2.24, 2.45) is 0 Å². The van der Waals surface area contributed by atoms with Crippen LogP contribution in [-0.4, -0.2) is 19.3 Å². The molecular weight excluding hydrogens is 369 g/mol. The molecule has 0 bridgehead atoms. The zero-order valence-corrected chi connectivity index (χ0v) is 15.1. The predicted octanol–water partition coefficient (Wildman–Crippen LogP) is 3.58. The van der Waals surface area contributed by atoms with Crippen molar-refractivity contribution in [2.75, 3.05) is 10.0 Å². The number of anilines is 2. The Bertz CT molecular complexity index is 1090. The normalized spacial score (nSPS) is 11.0. The van der Waals surface area contributed by atoms with E-state index < -0.39 is 21.7 Å². The van der Waals surface area contributed by atoms with Gasteiger partial charge in [0.15, 0.2) is 0 Å². The van der Waals surface area contributed by atoms with Gasteiger partial charge in [-0.2, -0.15) is 0 Å². The number of pyridine rings is 1. The second kappa shape index (κ2) is 7.55. The molecule has 1 aromatic heterocycles. The molecule has 0 unspecified atom stereocenters. The van der Waals surface area contributed by atoms with Crippen molar-refractivity contribution in [3.63, 3.8) is 0 Å². The monoisotopic (exact) mass is 385 g/mol. The first-order valence-corrected chi connectivity index (χ1v) is 9.44. The highest BCUT2D eigenvalue weighted by Gasteiger charge is 2.20. The van der Waals surface area contributed by atoms with Crippen LogP contribution in [0.1, 0.15) is 15.9 Å². The van der Waals surface area contributed by atoms with Gasteiger partial charge in [-0.15, -0.1) is 0 Å². The van der Waals surface area contributed by atoms with Gasteiger partial charge in [0.1, 0.15) is 5.82 Å². The summed E-state index contributed by atoms with van der Waals surface area (Å²) in [7, 11) is -4.00. The summed E-state index contributed by atoms with van der Waals surface area (Å²) in [6.07, 6.45) is 3.05. The number of para-hydroxylation sites is 1. The molecular formula is C19H16FN3O3S. The molecule has 1 heterocycles. The molecule has 0 aliphatic heterocycles. The van der Waals surface area contributed by atoms with E-state index in [9.17, 15) is 17.6 Å². The maximum Gasteiger partial charge on any atom is 0.262 e. The summed E-state index contributed by atoms with van der Waals surface area (Å²) in [5.41, 5.74) is 1.00. The Kier molecular flexibility index (Phi) is 5.18. The molecule has 0 spiro atoms. The minimum atomic E-state index is -4.00. The molecule has 0 radical (unpaired) electrons. The number of hydrogen-bond donors (Lipinski definition) is 2. The smallest absolute Gasteiger partial charge is 0.262 e. The molecule has 0 saturated carbocycles. The summed E-state index contributed by atoms with van der Waals surface area (Å²) in [4.78, 5) is 16.4. The van der Waals surface area contributed by atoms with Crippen molar-refractivity contribution in [3.05, 3.63) is 83.9 Å². The maximum absolute atomic E-state index is 13.3. The summed E-state index contributed by atoms with van der Waals surface area (Å²) in [6.45, 7) is 1.50. The van der Waals surface area contributed by atoms with E-state index in [-0.39, 0.29) is 21.7 Å². The topological polar surface area (TPSA) is 88.2 Å². The number of nitrogens with zero attached hydrogens (tertiary/aromatic N) is 1. The number of rotatable bonds is 5. The van der Waals surface area contributed by atoms with Crippen LogP contribution in [-0.2, 0) is 10.0 Å². The number of aryl methyl sites for hydroxylation is 1. The van der Waals surface area contributed by atoms with Gasteiger partial charge in [-0.3, -0.25) is 14.5 Å². The van der Waals surface area contributed by atoms with Crippen molar-refractivity contribution in [3.8, 4) is 0 Å². The van der Waals surface area contributed by atoms with Gasteiger partial charge in [0.25, 0.3) is 15.9 Å². The van der Waals surface area contributed by atoms with Crippen molar-refractivity contribution in [1.29, 1.82) is 0 Å². The lowest BCUT2D eigenvalue weighted by Crippen LogP contribution is -2.19. The summed E-state index contributed by atoms with van der Waals surface area (Å²) in [5, 5.41) is 2.66. The summed E-state index contributed by atoms with van der Waals surface area (Å²) in [6, 6.07) is 12.9. The van der Waals surface area contributed by atoms with Crippen LogP contribution in [0.3, 0.4) is 0 Å². The Morgan fingerprint density at radius 1 is 1.07 bits per heavy atom. The van der Waals surface area contributed by atoms with E-state index in [1.165, 1.54) is 31.3 Å². The van der Waals surface area contributed by atoms with Crippen LogP contribution >= 0.6 is 0 Å². The number of sulfonamides is 1. The third-order valence-corrected chi connectivity index (χ3v) is 5.29. The molecule has 3 rings (SSSR count). The van der Waals surface area contributed by atoms with E-state index in [2.05, 4.69) is 15.0 Å². The molecule has 0 atom stereocenters. The first-order valence-electron chi connectivity index (χ1n) is 7.96. The average molecular weight is 385 g/mol. The molecule has 27 heavy (non-hydrogen) atoms. The van der Waals surface area contributed by atoms with E-state index in [1.807, 2.05) is 0 Å². The first-order chi connectivity index (χ1) is 12.9. The van der Waals surface area contributed by atoms with Crippen molar-refractivity contribution in [2.45, 2.75) is 11.8 Å². The highest BCUT2D eigenvalue weighted by molar-refractivity contribution is 7.92. The fourth-order valence-electron chi connectivity index (χ4n) is 2.52. The molecule has 0 saturated heterocycles. The third-order valence-electron chi connectivity index (χ3n) is 3.76. The quantitative estimate of drug-likeness (QED) is 0.703. The molecule has 0 aliphatic rings. The van der Waals surface area contributed by atoms with Gasteiger partial charge in [-0.05, 0) is 55.0 Å². The second-order valence-corrected chi connectivity index (χ2v) is 7.41. The predicted molar refractivity (Wildman–Crippen MR) is 101 cm³/mol. The highest BCUT2D eigenvalue weighted by atomic mass is 32.2. The zero-order chi connectivity index (χ0) is 19.4. The van der Waals surface area contributed by atoms with Gasteiger partial charge in [-0.25, -0.2) is 12.8 Å². The van der Waals surface area contributed by atoms with E-state index in [4.69, 9.17) is 0 Å². The highest BCUT2D eigenvalue weighted by Crippen LogP contribution is 2.23. The number of carbonyl (C=O) groups is 1. The second-order valence-electron chi connectivity index (χ2n) is 5.76. The molecule has 138 valence electrons. The van der Waals surface area contributed by atoms with Crippen LogP contribution in [0.4, 0.5) is 15.8 Å². The lowest BCUT2D eigenvalue weighted by atomic mass is 10.1. The fraction of sp³-hybridized carbons (Fsp3) is 0.0526. The van der Waals surface area contributed by atoms with Crippen molar-refractivity contribution < 1.29 is 17.6 Å². The number of halogens is 1. The van der Waals surface area contributed by atoms with E-state index in [1.54, 1.807) is 30.5 Å². The Morgan fingerprint density at radius 2 is 1.85 bits per heavy atom. The standard InChI is InChI=1S/C19H16FN3O3S/c1-13-11-14(20)8-9-18(13)27(25,26)23-17-7-3-2-6-16(17)19(24)22-15-5-4-10-21-12-15/h2-12,23H,1H3,(H,22,24). The molecule has 0 aliphatic carbocycles. The Balaban J connectivity index is 1.91. The van der Waals surface area contributed by atoms with Gasteiger partial charge in [0.2, 0.25) is 0 Å². The lowest BCUT2D eigenvalue weighted by Gasteiger charge is -2.14. The Morgan fingerprint density at radius 3 is 2.56 bits per heavy atom. The minimum absolute atomic E-state index is 0.0635. The number of amides is 1. The summed E-state index contributed by atoms with van der Waals surface area (Å²) < 4.78 is 41.1. The number of nitrogens with one attached hydrogen (secondary N) is 2. The van der Waals surface area contributed by atoms with Gasteiger partial charge >= 0.3 is 0 Å². The van der Waals surface area contributed by atoms with Crippen LogP contribution in [0.15, 0.2) is 71.9 Å². The molecule has 0 fully saturated rings. The third kappa shape index (κ3) is 4.29. The molecule has 8 heteroatoms. The zero-order valence-electron chi connectivity index (χ0n) is 14.3. The number of hydrogen-bond acceptors (Lipinski definition) is 4. The number of benzene rings is 2. The first kappa shape index (κ1) is 18.5. The van der Waals surface area contributed by atoms with E-state index in [0.717, 1.165) is 12.1 Å². The SMILES string of the molecule is Cc1cc(F)ccc1S(=O)(=O)Nc1ccccc1C(=O)Nc1cccnc1. The van der Waals surface area contributed by atoms with Crippen LogP contribution in [0, 0.1) is 12.7 Å². The van der Waals surface area contributed by atoms with Gasteiger partial charge in [0.05, 0.1) is 28.0 Å². The maximum atomic E-state index is 13.3. The molecule has 2 N–H and O–H groups in total. The lowest BCUT2D eigenvalue weighted by molar-refractivity contribution is 0.102. The van der Waals surface area contributed by atoms with Crippen molar-refractivity contribution >= 4 is 27.3 Å². The average Bonchev–Trinajstić information content (AvgIpc) is 2.62. The molecule has 3 aromatic rings. The van der Waals surface area contributed by atoms with Crippen LogP contribution in [0.25, 0.3) is 0 Å². The van der Waals surface area contributed by atoms with E-state index in [0.29, 0.717) is 5.69 Å². The van der Waals surface area contributed by atoms with Gasteiger partial charge < -0.3 is 5.32 Å². The number of carbonyl (C=O) groups excluding carboxylic acids is 1. The van der Waals surface area contributed by atoms with Gasteiger partial charge in [0, 0.05) is 6.20 Å². The van der Waals surface area contributed by atoms with Crippen LogP contribution in [0.5, 0.6) is 0 Å². The largest absolute Gasteiger partial charge is 0.321 e. The van der Waals surface area contributed by atoms with Crippen LogP contribution in [0.2, 0.25) is 0 Å². The fourth-order valence-corrected chi connectivity index (χ4v) is 3.83. The van der Waals surface area contributed by atoms with Crippen LogP contribution < -0.4 is 10.0 Å². The number of aromatic nitrogens is 1. The summed E-state index contributed by atoms with van der Waals surface area (Å²) >= 11 is 0. The van der Waals surface area contributed by atoms with Gasteiger partial charge in [-0.1, -0.05) is 12.1 Å². The Hall–Kier alpha value is -3.26.